The molecule has 1 aromatic rings. The minimum Gasteiger partial charge on any atom is -0.389 e. The lowest BCUT2D eigenvalue weighted by molar-refractivity contribution is -0.00245. The molecular formula is C13H20N2O3. The molecule has 1 aromatic heterocycles. The standard InChI is InChI=1S/C13H20N2O3/c1-2-17-13-8-15(7-11(13)16)6-10-5-12(18-14-10)9-3-4-9/h5,9,11,13,16H,2-4,6-8H2,1H3/t11-,13-/m1/s1. The molecule has 1 aliphatic carbocycles. The van der Waals surface area contributed by atoms with Crippen LogP contribution in [0.25, 0.3) is 0 Å². The summed E-state index contributed by atoms with van der Waals surface area (Å²) < 4.78 is 10.8. The molecule has 2 fully saturated rings. The smallest absolute Gasteiger partial charge is 0.140 e. The van der Waals surface area contributed by atoms with Crippen molar-refractivity contribution in [2.45, 2.75) is 44.4 Å². The van der Waals surface area contributed by atoms with Crippen molar-refractivity contribution >= 4 is 0 Å². The van der Waals surface area contributed by atoms with E-state index in [4.69, 9.17) is 9.26 Å². The molecule has 0 aromatic carbocycles. The van der Waals surface area contributed by atoms with Crippen LogP contribution in [0.5, 0.6) is 0 Å². The number of aromatic nitrogens is 1. The molecule has 5 nitrogen and oxygen atoms in total. The maximum absolute atomic E-state index is 9.86. The van der Waals surface area contributed by atoms with Gasteiger partial charge in [0.1, 0.15) is 5.76 Å². The minimum absolute atomic E-state index is 0.0650. The first-order chi connectivity index (χ1) is 8.76. The Balaban J connectivity index is 1.56. The predicted octanol–water partition coefficient (Wildman–Crippen LogP) is 1.13. The molecule has 0 bridgehead atoms. The zero-order chi connectivity index (χ0) is 12.5. The van der Waals surface area contributed by atoms with Crippen molar-refractivity contribution in [3.63, 3.8) is 0 Å². The van der Waals surface area contributed by atoms with Gasteiger partial charge < -0.3 is 14.4 Å². The fraction of sp³-hybridized carbons (Fsp3) is 0.769. The van der Waals surface area contributed by atoms with Crippen LogP contribution >= 0.6 is 0 Å². The molecule has 0 amide bonds. The van der Waals surface area contributed by atoms with Gasteiger partial charge in [0.2, 0.25) is 0 Å². The van der Waals surface area contributed by atoms with Crippen LogP contribution in [0.15, 0.2) is 10.6 Å². The molecule has 1 saturated heterocycles. The van der Waals surface area contributed by atoms with Crippen molar-refractivity contribution < 1.29 is 14.4 Å². The average Bonchev–Trinajstić information content (AvgIpc) is 3.00. The van der Waals surface area contributed by atoms with Crippen LogP contribution in [-0.4, -0.2) is 47.1 Å². The zero-order valence-corrected chi connectivity index (χ0v) is 10.7. The highest BCUT2D eigenvalue weighted by Gasteiger charge is 2.33. The van der Waals surface area contributed by atoms with E-state index in [1.807, 2.05) is 6.92 Å². The largest absolute Gasteiger partial charge is 0.389 e. The summed E-state index contributed by atoms with van der Waals surface area (Å²) in [6.45, 7) is 4.74. The molecule has 1 saturated carbocycles. The fourth-order valence-electron chi connectivity index (χ4n) is 2.53. The normalized spacial score (nSPS) is 29.0. The molecule has 0 radical (unpaired) electrons. The lowest BCUT2D eigenvalue weighted by Gasteiger charge is -2.13. The molecule has 18 heavy (non-hydrogen) atoms. The second-order valence-electron chi connectivity index (χ2n) is 5.25. The molecule has 2 atom stereocenters. The van der Waals surface area contributed by atoms with Gasteiger partial charge in [0.25, 0.3) is 0 Å². The van der Waals surface area contributed by atoms with Crippen LogP contribution in [0.4, 0.5) is 0 Å². The van der Waals surface area contributed by atoms with Crippen molar-refractivity contribution in [3.8, 4) is 0 Å². The second kappa shape index (κ2) is 4.99. The van der Waals surface area contributed by atoms with Crippen LogP contribution in [0, 0.1) is 0 Å². The summed E-state index contributed by atoms with van der Waals surface area (Å²) in [6, 6.07) is 2.05. The van der Waals surface area contributed by atoms with E-state index in [0.717, 1.165) is 24.5 Å². The van der Waals surface area contributed by atoms with Crippen LogP contribution < -0.4 is 0 Å². The highest BCUT2D eigenvalue weighted by Crippen LogP contribution is 2.40. The molecule has 2 aliphatic rings. The molecule has 0 spiro atoms. The van der Waals surface area contributed by atoms with Gasteiger partial charge in [-0.1, -0.05) is 5.16 Å². The van der Waals surface area contributed by atoms with Gasteiger partial charge in [0.05, 0.1) is 17.9 Å². The molecule has 100 valence electrons. The van der Waals surface area contributed by atoms with Crippen LogP contribution in [0.2, 0.25) is 0 Å². The molecule has 1 N–H and O–H groups in total. The Labute approximate surface area is 107 Å². The lowest BCUT2D eigenvalue weighted by Crippen LogP contribution is -2.26. The first-order valence-corrected chi connectivity index (χ1v) is 6.73. The van der Waals surface area contributed by atoms with Gasteiger partial charge in [-0.3, -0.25) is 4.90 Å². The summed E-state index contributed by atoms with van der Waals surface area (Å²) in [6.07, 6.45) is 2.00. The predicted molar refractivity (Wildman–Crippen MR) is 65.2 cm³/mol. The van der Waals surface area contributed by atoms with Crippen LogP contribution in [-0.2, 0) is 11.3 Å². The van der Waals surface area contributed by atoms with Crippen molar-refractivity contribution in [1.82, 2.24) is 10.1 Å². The Hall–Kier alpha value is -0.910. The number of aliphatic hydroxyl groups is 1. The quantitative estimate of drug-likeness (QED) is 0.851. The number of nitrogens with zero attached hydrogens (tertiary/aromatic N) is 2. The minimum atomic E-state index is -0.389. The van der Waals surface area contributed by atoms with Crippen LogP contribution in [0.3, 0.4) is 0 Å². The number of β-amino-alcohol motifs (C(OH)–C–C–N with tert-alkyl or cyclic N) is 1. The van der Waals surface area contributed by atoms with E-state index in [0.29, 0.717) is 19.1 Å². The summed E-state index contributed by atoms with van der Waals surface area (Å²) in [5.74, 6) is 1.62. The Kier molecular flexibility index (Phi) is 3.37. The summed E-state index contributed by atoms with van der Waals surface area (Å²) in [5.41, 5.74) is 0.959. The van der Waals surface area contributed by atoms with Crippen LogP contribution in [0.1, 0.15) is 37.1 Å². The van der Waals surface area contributed by atoms with Crippen molar-refractivity contribution in [1.29, 1.82) is 0 Å². The zero-order valence-electron chi connectivity index (χ0n) is 10.7. The average molecular weight is 252 g/mol. The molecule has 1 aliphatic heterocycles. The monoisotopic (exact) mass is 252 g/mol. The summed E-state index contributed by atoms with van der Waals surface area (Å²) >= 11 is 0. The maximum Gasteiger partial charge on any atom is 0.140 e. The molecular weight excluding hydrogens is 232 g/mol. The first kappa shape index (κ1) is 12.1. The Bertz CT molecular complexity index is 403. The van der Waals surface area contributed by atoms with E-state index in [9.17, 15) is 5.11 Å². The van der Waals surface area contributed by atoms with Gasteiger partial charge in [-0.2, -0.15) is 0 Å². The van der Waals surface area contributed by atoms with Gasteiger partial charge >= 0.3 is 0 Å². The Morgan fingerprint density at radius 2 is 2.33 bits per heavy atom. The molecule has 5 heteroatoms. The third-order valence-electron chi connectivity index (χ3n) is 3.64. The number of rotatable bonds is 5. The summed E-state index contributed by atoms with van der Waals surface area (Å²) in [7, 11) is 0. The molecule has 3 rings (SSSR count). The third kappa shape index (κ3) is 2.58. The Morgan fingerprint density at radius 3 is 3.06 bits per heavy atom. The van der Waals surface area contributed by atoms with Crippen molar-refractivity contribution in [2.75, 3.05) is 19.7 Å². The van der Waals surface area contributed by atoms with Gasteiger partial charge in [0.15, 0.2) is 0 Å². The van der Waals surface area contributed by atoms with E-state index in [-0.39, 0.29) is 12.2 Å². The fourth-order valence-corrected chi connectivity index (χ4v) is 2.53. The van der Waals surface area contributed by atoms with E-state index in [1.165, 1.54) is 12.8 Å². The summed E-state index contributed by atoms with van der Waals surface area (Å²) in [5, 5.41) is 14.0. The highest BCUT2D eigenvalue weighted by atomic mass is 16.5. The summed E-state index contributed by atoms with van der Waals surface area (Å²) in [4.78, 5) is 2.17. The van der Waals surface area contributed by atoms with Crippen molar-refractivity contribution in [2.24, 2.45) is 0 Å². The number of aliphatic hydroxyl groups excluding tert-OH is 1. The van der Waals surface area contributed by atoms with Gasteiger partial charge in [0, 0.05) is 38.2 Å². The molecule has 0 unspecified atom stereocenters. The first-order valence-electron chi connectivity index (χ1n) is 6.73. The van der Waals surface area contributed by atoms with Gasteiger partial charge in [-0.25, -0.2) is 0 Å². The van der Waals surface area contributed by atoms with E-state index in [1.54, 1.807) is 0 Å². The van der Waals surface area contributed by atoms with Gasteiger partial charge in [-0.15, -0.1) is 0 Å². The van der Waals surface area contributed by atoms with Gasteiger partial charge in [-0.05, 0) is 19.8 Å². The number of likely N-dealkylation sites (tertiary alicyclic amines) is 1. The topological polar surface area (TPSA) is 58.7 Å². The lowest BCUT2D eigenvalue weighted by atomic mass is 10.3. The number of hydrogen-bond donors (Lipinski definition) is 1. The van der Waals surface area contributed by atoms with E-state index >= 15 is 0 Å². The maximum atomic E-state index is 9.86. The molecule has 2 heterocycles. The van der Waals surface area contributed by atoms with Crippen molar-refractivity contribution in [3.05, 3.63) is 17.5 Å². The number of hydrogen-bond acceptors (Lipinski definition) is 5. The third-order valence-corrected chi connectivity index (χ3v) is 3.64. The van der Waals surface area contributed by atoms with E-state index in [2.05, 4.69) is 16.1 Å². The number of ether oxygens (including phenoxy) is 1. The SMILES string of the molecule is CCO[C@@H]1CN(Cc2cc(C3CC3)on2)C[C@H]1O. The highest BCUT2D eigenvalue weighted by molar-refractivity contribution is 5.14. The van der Waals surface area contributed by atoms with E-state index < -0.39 is 0 Å². The Morgan fingerprint density at radius 1 is 1.50 bits per heavy atom. The second-order valence-corrected chi connectivity index (χ2v) is 5.25.